The van der Waals surface area contributed by atoms with Gasteiger partial charge in [0.05, 0.1) is 6.61 Å². The van der Waals surface area contributed by atoms with E-state index in [2.05, 4.69) is 15.3 Å². The van der Waals surface area contributed by atoms with E-state index in [4.69, 9.17) is 4.74 Å². The molecule has 196 valence electrons. The van der Waals surface area contributed by atoms with Crippen LogP contribution in [0.2, 0.25) is 0 Å². The number of hydrogen-bond acceptors (Lipinski definition) is 7. The minimum Gasteiger partial charge on any atom is -0.481 e. The van der Waals surface area contributed by atoms with Gasteiger partial charge in [0.25, 0.3) is 5.91 Å². The lowest BCUT2D eigenvalue weighted by Gasteiger charge is -2.35. The zero-order chi connectivity index (χ0) is 26.4. The number of benzene rings is 1. The van der Waals surface area contributed by atoms with Gasteiger partial charge in [0, 0.05) is 49.8 Å². The van der Waals surface area contributed by atoms with Crippen LogP contribution in [0.1, 0.15) is 54.7 Å². The van der Waals surface area contributed by atoms with Gasteiger partial charge in [-0.1, -0.05) is 30.3 Å². The van der Waals surface area contributed by atoms with Crippen molar-refractivity contribution in [1.82, 2.24) is 25.1 Å². The fourth-order valence-electron chi connectivity index (χ4n) is 4.19. The van der Waals surface area contributed by atoms with Crippen LogP contribution in [0.3, 0.4) is 0 Å². The average molecular weight is 510 g/mol. The Balaban J connectivity index is 1.50. The summed E-state index contributed by atoms with van der Waals surface area (Å²) in [7, 11) is 0. The fraction of sp³-hybridized carbons (Fsp3) is 0.462. The van der Waals surface area contributed by atoms with Crippen LogP contribution >= 0.6 is 0 Å². The molecule has 2 fully saturated rings. The van der Waals surface area contributed by atoms with E-state index in [-0.39, 0.29) is 44.1 Å². The molecule has 0 spiro atoms. The van der Waals surface area contributed by atoms with Gasteiger partial charge in [-0.05, 0) is 32.3 Å². The van der Waals surface area contributed by atoms with Crippen molar-refractivity contribution in [3.8, 4) is 11.4 Å². The number of piperazine rings is 1. The number of aromatic nitrogens is 2. The molecule has 0 radical (unpaired) electrons. The first kappa shape index (κ1) is 26.1. The maximum absolute atomic E-state index is 13.3. The Morgan fingerprint density at radius 3 is 2.35 bits per heavy atom. The lowest BCUT2D eigenvalue weighted by molar-refractivity contribution is -0.138. The predicted molar refractivity (Wildman–Crippen MR) is 133 cm³/mol. The molecule has 11 heteroatoms. The van der Waals surface area contributed by atoms with Crippen LogP contribution in [-0.2, 0) is 14.3 Å². The zero-order valence-electron chi connectivity index (χ0n) is 20.8. The summed E-state index contributed by atoms with van der Waals surface area (Å²) < 4.78 is 5.01. The monoisotopic (exact) mass is 509 g/mol. The third-order valence-electron chi connectivity index (χ3n) is 6.37. The van der Waals surface area contributed by atoms with Crippen molar-refractivity contribution in [1.29, 1.82) is 0 Å². The maximum atomic E-state index is 13.3. The van der Waals surface area contributed by atoms with Gasteiger partial charge < -0.3 is 25.0 Å². The molecule has 0 bridgehead atoms. The van der Waals surface area contributed by atoms with Gasteiger partial charge in [-0.15, -0.1) is 0 Å². The number of hydrogen-bond donors (Lipinski definition) is 2. The normalized spacial score (nSPS) is 16.1. The van der Waals surface area contributed by atoms with E-state index in [1.54, 1.807) is 13.0 Å². The molecule has 2 heterocycles. The number of carbonyl (C=O) groups is 4. The molecule has 1 aromatic heterocycles. The predicted octanol–water partition coefficient (Wildman–Crippen LogP) is 2.28. The number of carbonyl (C=O) groups excluding carboxylic acids is 3. The number of aliphatic carboxylic acids is 1. The lowest BCUT2D eigenvalue weighted by Crippen LogP contribution is -2.56. The Morgan fingerprint density at radius 2 is 1.73 bits per heavy atom. The number of nitrogens with zero attached hydrogens (tertiary/aromatic N) is 4. The van der Waals surface area contributed by atoms with Crippen molar-refractivity contribution < 1.29 is 29.0 Å². The molecule has 2 aliphatic rings. The second kappa shape index (κ2) is 11.8. The van der Waals surface area contributed by atoms with Crippen LogP contribution in [0.4, 0.5) is 4.79 Å². The smallest absolute Gasteiger partial charge is 0.409 e. The number of rotatable bonds is 9. The summed E-state index contributed by atoms with van der Waals surface area (Å²) in [6.45, 7) is 3.09. The van der Waals surface area contributed by atoms with Gasteiger partial charge >= 0.3 is 12.1 Å². The molecular formula is C26H31N5O6. The van der Waals surface area contributed by atoms with E-state index in [0.29, 0.717) is 18.9 Å². The van der Waals surface area contributed by atoms with Gasteiger partial charge in [-0.2, -0.15) is 0 Å². The van der Waals surface area contributed by atoms with Gasteiger partial charge in [0.2, 0.25) is 5.91 Å². The summed E-state index contributed by atoms with van der Waals surface area (Å²) in [5.74, 6) is -1.31. The number of amides is 3. The van der Waals surface area contributed by atoms with Gasteiger partial charge in [0.15, 0.2) is 5.82 Å². The number of ether oxygens (including phenoxy) is 1. The van der Waals surface area contributed by atoms with Crippen LogP contribution in [0.15, 0.2) is 36.4 Å². The van der Waals surface area contributed by atoms with Crippen molar-refractivity contribution >= 4 is 23.9 Å². The van der Waals surface area contributed by atoms with Crippen LogP contribution in [-0.4, -0.2) is 87.6 Å². The van der Waals surface area contributed by atoms with E-state index in [9.17, 15) is 24.3 Å². The minimum absolute atomic E-state index is 0.0654. The third-order valence-corrected chi connectivity index (χ3v) is 6.37. The van der Waals surface area contributed by atoms with Gasteiger partial charge in [0.1, 0.15) is 11.7 Å². The van der Waals surface area contributed by atoms with Gasteiger partial charge in [-0.25, -0.2) is 14.8 Å². The van der Waals surface area contributed by atoms with Crippen LogP contribution < -0.4 is 5.32 Å². The summed E-state index contributed by atoms with van der Waals surface area (Å²) in [4.78, 5) is 62.0. The summed E-state index contributed by atoms with van der Waals surface area (Å²) in [6, 6.07) is 9.95. The number of carboxylic acids is 1. The quantitative estimate of drug-likeness (QED) is 0.524. The Kier molecular flexibility index (Phi) is 8.32. The first-order chi connectivity index (χ1) is 17.9. The summed E-state index contributed by atoms with van der Waals surface area (Å²) >= 11 is 0. The van der Waals surface area contributed by atoms with Crippen LogP contribution in [0, 0.1) is 0 Å². The standard InChI is InChI=1S/C26H31N5O6/c1-2-37-26(36)31-14-12-30(13-15-31)25(35)19(10-11-22(32)33)29-24(34)21-16-20(17-8-9-17)27-23(28-21)18-6-4-3-5-7-18/h3-7,16-17,19H,2,8-15H2,1H3,(H,29,34)(H,32,33). The summed E-state index contributed by atoms with van der Waals surface area (Å²) in [5, 5.41) is 11.9. The maximum Gasteiger partial charge on any atom is 0.409 e. The highest BCUT2D eigenvalue weighted by Gasteiger charge is 2.32. The van der Waals surface area contributed by atoms with E-state index in [1.807, 2.05) is 30.3 Å². The highest BCUT2D eigenvalue weighted by atomic mass is 16.6. The molecule has 1 saturated heterocycles. The van der Waals surface area contributed by atoms with Crippen molar-refractivity contribution in [2.45, 2.75) is 44.6 Å². The number of carboxylic acid groups (broad SMARTS) is 1. The van der Waals surface area contributed by atoms with Crippen LogP contribution in [0.5, 0.6) is 0 Å². The molecule has 1 aliphatic heterocycles. The molecule has 1 atom stereocenters. The Bertz CT molecular complexity index is 1150. The Morgan fingerprint density at radius 1 is 1.05 bits per heavy atom. The fourth-order valence-corrected chi connectivity index (χ4v) is 4.19. The molecule has 37 heavy (non-hydrogen) atoms. The molecule has 2 N–H and O–H groups in total. The molecular weight excluding hydrogens is 478 g/mol. The summed E-state index contributed by atoms with van der Waals surface area (Å²) in [6.07, 6.45) is 1.19. The minimum atomic E-state index is -1.07. The molecule has 4 rings (SSSR count). The topological polar surface area (TPSA) is 142 Å². The Hall–Kier alpha value is -4.02. The molecule has 11 nitrogen and oxygen atoms in total. The number of nitrogens with one attached hydrogen (secondary N) is 1. The van der Waals surface area contributed by atoms with E-state index in [0.717, 1.165) is 24.1 Å². The summed E-state index contributed by atoms with van der Waals surface area (Å²) in [5.41, 5.74) is 1.69. The highest BCUT2D eigenvalue weighted by Crippen LogP contribution is 2.39. The van der Waals surface area contributed by atoms with Crippen molar-refractivity contribution in [2.75, 3.05) is 32.8 Å². The molecule has 1 unspecified atom stereocenters. The molecule has 1 saturated carbocycles. The van der Waals surface area contributed by atoms with Crippen molar-refractivity contribution in [3.63, 3.8) is 0 Å². The van der Waals surface area contributed by atoms with Crippen molar-refractivity contribution in [3.05, 3.63) is 47.8 Å². The van der Waals surface area contributed by atoms with Gasteiger partial charge in [-0.3, -0.25) is 14.4 Å². The Labute approximate surface area is 214 Å². The second-order valence-electron chi connectivity index (χ2n) is 9.11. The van der Waals surface area contributed by atoms with E-state index < -0.39 is 29.9 Å². The second-order valence-corrected chi connectivity index (χ2v) is 9.11. The lowest BCUT2D eigenvalue weighted by atomic mass is 10.1. The molecule has 3 amide bonds. The SMILES string of the molecule is CCOC(=O)N1CCN(C(=O)C(CCC(=O)O)NC(=O)c2cc(C3CC3)nc(-c3ccccc3)n2)CC1. The van der Waals surface area contributed by atoms with Crippen LogP contribution in [0.25, 0.3) is 11.4 Å². The first-order valence-corrected chi connectivity index (χ1v) is 12.5. The average Bonchev–Trinajstić information content (AvgIpc) is 3.77. The highest BCUT2D eigenvalue weighted by molar-refractivity contribution is 5.96. The zero-order valence-corrected chi connectivity index (χ0v) is 20.8. The van der Waals surface area contributed by atoms with Crippen molar-refractivity contribution in [2.24, 2.45) is 0 Å². The van der Waals surface area contributed by atoms with E-state index >= 15 is 0 Å². The third kappa shape index (κ3) is 6.81. The van der Waals surface area contributed by atoms with E-state index in [1.165, 1.54) is 9.80 Å². The molecule has 1 aromatic carbocycles. The molecule has 1 aliphatic carbocycles. The first-order valence-electron chi connectivity index (χ1n) is 12.5. The molecule has 2 aromatic rings. The largest absolute Gasteiger partial charge is 0.481 e.